The maximum atomic E-state index is 13.3. The molecule has 1 atom stereocenters. The van der Waals surface area contributed by atoms with E-state index in [2.05, 4.69) is 10.6 Å². The van der Waals surface area contributed by atoms with Crippen molar-refractivity contribution >= 4 is 5.91 Å². The van der Waals surface area contributed by atoms with E-state index in [4.69, 9.17) is 0 Å². The summed E-state index contributed by atoms with van der Waals surface area (Å²) in [6.45, 7) is 0.293. The van der Waals surface area contributed by atoms with Crippen molar-refractivity contribution < 1.29 is 14.3 Å². The van der Waals surface area contributed by atoms with E-state index >= 15 is 0 Å². The van der Waals surface area contributed by atoms with E-state index in [0.717, 1.165) is 12.8 Å². The molecule has 1 saturated carbocycles. The normalized spacial score (nSPS) is 16.3. The molecule has 0 aliphatic heterocycles. The Kier molecular flexibility index (Phi) is 4.28. The molecule has 1 unspecified atom stereocenters. The van der Waals surface area contributed by atoms with Gasteiger partial charge in [-0.1, -0.05) is 18.2 Å². The zero-order valence-corrected chi connectivity index (χ0v) is 10.0. The Morgan fingerprint density at radius 3 is 2.83 bits per heavy atom. The van der Waals surface area contributed by atoms with Crippen LogP contribution in [0.1, 0.15) is 24.5 Å². The van der Waals surface area contributed by atoms with Crippen LogP contribution in [0.5, 0.6) is 0 Å². The van der Waals surface area contributed by atoms with Gasteiger partial charge in [-0.25, -0.2) is 4.39 Å². The lowest BCUT2D eigenvalue weighted by Gasteiger charge is -2.12. The lowest BCUT2D eigenvalue weighted by molar-refractivity contribution is -0.120. The first-order valence-corrected chi connectivity index (χ1v) is 6.09. The van der Waals surface area contributed by atoms with Gasteiger partial charge in [0.1, 0.15) is 5.82 Å². The molecule has 0 radical (unpaired) electrons. The van der Waals surface area contributed by atoms with E-state index in [9.17, 15) is 14.3 Å². The molecule has 0 bridgehead atoms. The van der Waals surface area contributed by atoms with Crippen LogP contribution in [0.25, 0.3) is 0 Å². The van der Waals surface area contributed by atoms with E-state index in [0.29, 0.717) is 6.04 Å². The molecule has 1 fully saturated rings. The number of amides is 1. The molecular formula is C13H17FN2O2. The van der Waals surface area contributed by atoms with E-state index in [-0.39, 0.29) is 24.6 Å². The molecule has 1 aromatic rings. The molecule has 0 heterocycles. The van der Waals surface area contributed by atoms with Crippen LogP contribution in [0.2, 0.25) is 0 Å². The van der Waals surface area contributed by atoms with Gasteiger partial charge in [0.05, 0.1) is 12.6 Å². The summed E-state index contributed by atoms with van der Waals surface area (Å²) < 4.78 is 13.3. The van der Waals surface area contributed by atoms with Crippen molar-refractivity contribution in [1.29, 1.82) is 0 Å². The van der Waals surface area contributed by atoms with Crippen LogP contribution >= 0.6 is 0 Å². The summed E-state index contributed by atoms with van der Waals surface area (Å²) >= 11 is 0. The highest BCUT2D eigenvalue weighted by Gasteiger charge is 2.22. The molecule has 4 nitrogen and oxygen atoms in total. The van der Waals surface area contributed by atoms with Gasteiger partial charge in [-0.3, -0.25) is 4.79 Å². The Balaban J connectivity index is 1.72. The molecular weight excluding hydrogens is 235 g/mol. The van der Waals surface area contributed by atoms with Gasteiger partial charge >= 0.3 is 0 Å². The highest BCUT2D eigenvalue weighted by molar-refractivity contribution is 5.78. The Morgan fingerprint density at radius 1 is 1.44 bits per heavy atom. The van der Waals surface area contributed by atoms with Gasteiger partial charge < -0.3 is 15.7 Å². The number of aliphatic hydroxyl groups is 1. The molecule has 0 aromatic heterocycles. The third-order valence-corrected chi connectivity index (χ3v) is 2.83. The number of nitrogens with one attached hydrogen (secondary N) is 2. The van der Waals surface area contributed by atoms with Crippen molar-refractivity contribution in [2.45, 2.75) is 25.0 Å². The molecule has 3 N–H and O–H groups in total. The summed E-state index contributed by atoms with van der Waals surface area (Å²) in [7, 11) is 0. The Morgan fingerprint density at radius 2 is 2.17 bits per heavy atom. The van der Waals surface area contributed by atoms with Crippen LogP contribution in [-0.4, -0.2) is 30.1 Å². The maximum absolute atomic E-state index is 13.3. The van der Waals surface area contributed by atoms with Gasteiger partial charge in [0, 0.05) is 18.2 Å². The number of hydrogen-bond donors (Lipinski definition) is 3. The molecule has 2 rings (SSSR count). The highest BCUT2D eigenvalue weighted by atomic mass is 19.1. The first-order valence-electron chi connectivity index (χ1n) is 6.09. The molecule has 98 valence electrons. The van der Waals surface area contributed by atoms with E-state index in [1.165, 1.54) is 12.1 Å². The van der Waals surface area contributed by atoms with Gasteiger partial charge in [0.15, 0.2) is 0 Å². The molecule has 0 saturated heterocycles. The molecule has 1 amide bonds. The quantitative estimate of drug-likeness (QED) is 0.699. The van der Waals surface area contributed by atoms with Crippen LogP contribution < -0.4 is 10.6 Å². The highest BCUT2D eigenvalue weighted by Crippen LogP contribution is 2.18. The Hall–Kier alpha value is -1.46. The van der Waals surface area contributed by atoms with Gasteiger partial charge in [-0.2, -0.15) is 0 Å². The minimum absolute atomic E-state index is 0.0850. The zero-order valence-electron chi connectivity index (χ0n) is 10.0. The number of halogens is 1. The van der Waals surface area contributed by atoms with Crippen molar-refractivity contribution in [3.63, 3.8) is 0 Å². The minimum Gasteiger partial charge on any atom is -0.387 e. The van der Waals surface area contributed by atoms with E-state index in [1.54, 1.807) is 12.1 Å². The number of carbonyl (C=O) groups is 1. The fourth-order valence-electron chi connectivity index (χ4n) is 1.68. The Labute approximate surface area is 105 Å². The third-order valence-electron chi connectivity index (χ3n) is 2.83. The third kappa shape index (κ3) is 3.78. The van der Waals surface area contributed by atoms with Gasteiger partial charge in [-0.05, 0) is 18.9 Å². The molecule has 18 heavy (non-hydrogen) atoms. The first kappa shape index (κ1) is 13.0. The minimum atomic E-state index is -0.945. The van der Waals surface area contributed by atoms with Crippen molar-refractivity contribution in [1.82, 2.24) is 10.6 Å². The van der Waals surface area contributed by atoms with Crippen LogP contribution in [0, 0.1) is 5.82 Å². The number of aliphatic hydroxyl groups excluding tert-OH is 1. The second-order valence-corrected chi connectivity index (χ2v) is 4.51. The largest absolute Gasteiger partial charge is 0.387 e. The van der Waals surface area contributed by atoms with Crippen LogP contribution in [0.15, 0.2) is 24.3 Å². The summed E-state index contributed by atoms with van der Waals surface area (Å²) in [5.74, 6) is -0.521. The summed E-state index contributed by atoms with van der Waals surface area (Å²) in [5.41, 5.74) is 0.243. The van der Waals surface area contributed by atoms with E-state index < -0.39 is 11.9 Å². The lowest BCUT2D eigenvalue weighted by Crippen LogP contribution is -2.36. The standard InChI is InChI=1S/C13H17FN2O2/c14-11-4-2-1-3-10(11)12(17)7-15-8-13(18)16-9-5-6-9/h1-4,9,12,15,17H,5-8H2,(H,16,18). The molecule has 0 spiro atoms. The van der Waals surface area contributed by atoms with Crippen LogP contribution in [0.3, 0.4) is 0 Å². The monoisotopic (exact) mass is 252 g/mol. The summed E-state index contributed by atoms with van der Waals surface area (Å²) in [6, 6.07) is 6.41. The average molecular weight is 252 g/mol. The van der Waals surface area contributed by atoms with Crippen molar-refractivity contribution in [3.05, 3.63) is 35.6 Å². The maximum Gasteiger partial charge on any atom is 0.234 e. The van der Waals surface area contributed by atoms with Crippen molar-refractivity contribution in [2.75, 3.05) is 13.1 Å². The molecule has 1 aromatic carbocycles. The van der Waals surface area contributed by atoms with Crippen LogP contribution in [-0.2, 0) is 4.79 Å². The topological polar surface area (TPSA) is 61.4 Å². The first-order chi connectivity index (χ1) is 8.66. The van der Waals surface area contributed by atoms with Crippen molar-refractivity contribution in [2.24, 2.45) is 0 Å². The van der Waals surface area contributed by atoms with Gasteiger partial charge in [-0.15, -0.1) is 0 Å². The second-order valence-electron chi connectivity index (χ2n) is 4.51. The fraction of sp³-hybridized carbons (Fsp3) is 0.462. The lowest BCUT2D eigenvalue weighted by atomic mass is 10.1. The molecule has 5 heteroatoms. The SMILES string of the molecule is O=C(CNCC(O)c1ccccc1F)NC1CC1. The average Bonchev–Trinajstić information content (AvgIpc) is 3.13. The van der Waals surface area contributed by atoms with Crippen molar-refractivity contribution in [3.8, 4) is 0 Å². The summed E-state index contributed by atoms with van der Waals surface area (Å²) in [5, 5.41) is 15.4. The number of carbonyl (C=O) groups excluding carboxylic acids is 1. The summed E-state index contributed by atoms with van der Waals surface area (Å²) in [4.78, 5) is 11.3. The Bertz CT molecular complexity index is 421. The molecule has 1 aliphatic carbocycles. The molecule has 1 aliphatic rings. The predicted molar refractivity (Wildman–Crippen MR) is 65.4 cm³/mol. The second kappa shape index (κ2) is 5.93. The van der Waals surface area contributed by atoms with E-state index in [1.807, 2.05) is 0 Å². The number of benzene rings is 1. The number of hydrogen-bond acceptors (Lipinski definition) is 3. The summed E-state index contributed by atoms with van der Waals surface area (Å²) in [6.07, 6.45) is 1.15. The zero-order chi connectivity index (χ0) is 13.0. The smallest absolute Gasteiger partial charge is 0.234 e. The van der Waals surface area contributed by atoms with Gasteiger partial charge in [0.25, 0.3) is 0 Å². The van der Waals surface area contributed by atoms with Gasteiger partial charge in [0.2, 0.25) is 5.91 Å². The fourth-order valence-corrected chi connectivity index (χ4v) is 1.68. The van der Waals surface area contributed by atoms with Crippen LogP contribution in [0.4, 0.5) is 4.39 Å². The predicted octanol–water partition coefficient (Wildman–Crippen LogP) is 0.727. The number of rotatable bonds is 6.